The molecule has 312 valence electrons. The summed E-state index contributed by atoms with van der Waals surface area (Å²) >= 11 is 1.82. The SMILES string of the molecule is CNC1C(NC=O)CSC1CCCCC(=O)NCC(C)(C)SSCOC1C[C@H](n2cnc3c(=O)[nH]c(N)nc32)O[C@@H]1COP(=O)(O)OP(=O)(O)OP(=O)(O)O. The molecular weight excluding hydrogens is 853 g/mol. The molecule has 2 fully saturated rings. The number of imidazole rings is 1. The number of ether oxygens (including phenoxy) is 2. The fraction of sp³-hybridized carbons (Fsp3) is 0.731. The molecule has 4 heterocycles. The minimum Gasteiger partial charge on any atom is -0.369 e. The third-order valence-electron chi connectivity index (χ3n) is 8.17. The van der Waals surface area contributed by atoms with E-state index in [2.05, 4.69) is 39.5 Å². The van der Waals surface area contributed by atoms with Crippen molar-refractivity contribution in [3.05, 3.63) is 16.7 Å². The van der Waals surface area contributed by atoms with Crippen molar-refractivity contribution in [1.29, 1.82) is 0 Å². The van der Waals surface area contributed by atoms with Gasteiger partial charge in [-0.3, -0.25) is 28.5 Å². The van der Waals surface area contributed by atoms with E-state index in [1.807, 2.05) is 32.7 Å². The Balaban J connectivity index is 1.27. The van der Waals surface area contributed by atoms with E-state index < -0.39 is 58.8 Å². The molecule has 10 N–H and O–H groups in total. The minimum atomic E-state index is -5.75. The number of carbonyl (C=O) groups excluding carboxylic acids is 2. The summed E-state index contributed by atoms with van der Waals surface area (Å²) in [6, 6.07) is 0.265. The highest BCUT2D eigenvalue weighted by molar-refractivity contribution is 8.77. The molecule has 2 amide bonds. The molecule has 23 nitrogen and oxygen atoms in total. The zero-order valence-corrected chi connectivity index (χ0v) is 34.9. The second kappa shape index (κ2) is 19.9. The number of fused-ring (bicyclic) bond motifs is 1. The summed E-state index contributed by atoms with van der Waals surface area (Å²) in [5.74, 6) is 0.639. The molecule has 2 aromatic rings. The maximum absolute atomic E-state index is 12.6. The molecule has 0 saturated carbocycles. The highest BCUT2D eigenvalue weighted by Gasteiger charge is 2.44. The van der Waals surface area contributed by atoms with Crippen LogP contribution in [0.4, 0.5) is 5.95 Å². The van der Waals surface area contributed by atoms with Crippen molar-refractivity contribution in [1.82, 2.24) is 35.5 Å². The Morgan fingerprint density at radius 1 is 1.22 bits per heavy atom. The van der Waals surface area contributed by atoms with Crippen LogP contribution in [-0.4, -0.2) is 118 Å². The Kier molecular flexibility index (Phi) is 16.7. The largest absolute Gasteiger partial charge is 0.490 e. The number of likely N-dealkylation sites (N-methyl/N-ethyl adjacent to an activating group) is 1. The molecule has 0 bridgehead atoms. The van der Waals surface area contributed by atoms with E-state index >= 15 is 0 Å². The molecule has 0 aromatic carbocycles. The summed E-state index contributed by atoms with van der Waals surface area (Å²) in [4.78, 5) is 83.3. The number of nitrogens with two attached hydrogens (primary N) is 1. The molecular formula is C26H45N8O15P3S3. The van der Waals surface area contributed by atoms with Gasteiger partial charge in [-0.25, -0.2) is 18.7 Å². The van der Waals surface area contributed by atoms with Gasteiger partial charge in [-0.1, -0.05) is 28.0 Å². The molecule has 2 saturated heterocycles. The molecule has 55 heavy (non-hydrogen) atoms. The number of H-pyrrole nitrogens is 1. The summed E-state index contributed by atoms with van der Waals surface area (Å²) in [6.07, 6.45) is 2.05. The second-order valence-corrected chi connectivity index (χ2v) is 21.6. The number of phosphoric acid groups is 3. The number of aromatic amines is 1. The molecule has 0 spiro atoms. The molecule has 6 unspecified atom stereocenters. The number of aromatic nitrogens is 4. The van der Waals surface area contributed by atoms with Crippen molar-refractivity contribution in [2.75, 3.05) is 37.6 Å². The number of rotatable bonds is 23. The Bertz CT molecular complexity index is 1840. The molecule has 0 aliphatic carbocycles. The Hall–Kier alpha value is -1.57. The zero-order valence-electron chi connectivity index (χ0n) is 29.7. The van der Waals surface area contributed by atoms with E-state index in [9.17, 15) is 37.9 Å². The highest BCUT2D eigenvalue weighted by atomic mass is 33.1. The standard InChI is InChI=1S/C26H45N8O15P3S3/c1-26(2,11-29-19(36)7-5-4-6-18-21(28-3)15(10-53-18)31-13-35)55-54-14-45-16-8-20(34-12-30-22-23(34)32-25(27)33-24(22)37)47-17(16)9-46-51(41,42)49-52(43,44)48-50(38,39)40/h12-13,15-18,20-21,28H,4-11,14H2,1-3H3,(H,29,36)(H,31,35)(H,41,42)(H,43,44)(H2,38,39,40)(H3,27,32,33,37)/t15?,16?,17-,18?,20-,21?/m1/s1. The smallest absolute Gasteiger partial charge is 0.369 e. The number of hydrogen-bond acceptors (Lipinski definition) is 18. The maximum atomic E-state index is 12.6. The van der Waals surface area contributed by atoms with Crippen LogP contribution in [-0.2, 0) is 45.9 Å². The van der Waals surface area contributed by atoms with Crippen LogP contribution in [0.5, 0.6) is 0 Å². The van der Waals surface area contributed by atoms with Crippen molar-refractivity contribution in [3.8, 4) is 0 Å². The van der Waals surface area contributed by atoms with E-state index in [0.29, 0.717) is 18.2 Å². The number of hydrogen-bond donors (Lipinski definition) is 9. The Labute approximate surface area is 326 Å². The normalized spacial score (nSPS) is 25.4. The summed E-state index contributed by atoms with van der Waals surface area (Å²) < 4.78 is 60.5. The van der Waals surface area contributed by atoms with Crippen molar-refractivity contribution in [2.24, 2.45) is 0 Å². The lowest BCUT2D eigenvalue weighted by Gasteiger charge is -2.25. The van der Waals surface area contributed by atoms with Crippen molar-refractivity contribution in [3.63, 3.8) is 0 Å². The number of unbranched alkanes of at least 4 members (excludes halogenated alkanes) is 1. The number of nitrogens with zero attached hydrogens (tertiary/aromatic N) is 3. The van der Waals surface area contributed by atoms with E-state index in [1.165, 1.54) is 32.5 Å². The van der Waals surface area contributed by atoms with E-state index in [-0.39, 0.29) is 47.5 Å². The maximum Gasteiger partial charge on any atom is 0.490 e. The van der Waals surface area contributed by atoms with Gasteiger partial charge in [0.2, 0.25) is 18.3 Å². The molecule has 2 aliphatic heterocycles. The average Bonchev–Trinajstić information content (AvgIpc) is 3.78. The van der Waals surface area contributed by atoms with E-state index in [0.717, 1.165) is 31.4 Å². The fourth-order valence-corrected chi connectivity index (χ4v) is 12.6. The first kappa shape index (κ1) is 46.1. The first-order valence-corrected chi connectivity index (χ1v) is 24.4. The zero-order chi connectivity index (χ0) is 40.6. The highest BCUT2D eigenvalue weighted by Crippen LogP contribution is 2.66. The first-order chi connectivity index (χ1) is 25.7. The fourth-order valence-electron chi connectivity index (χ4n) is 5.76. The van der Waals surface area contributed by atoms with Crippen molar-refractivity contribution >= 4 is 86.2 Å². The van der Waals surface area contributed by atoms with Crippen LogP contribution in [0.25, 0.3) is 11.2 Å². The summed E-state index contributed by atoms with van der Waals surface area (Å²) in [7, 11) is -12.2. The Morgan fingerprint density at radius 2 is 1.96 bits per heavy atom. The van der Waals surface area contributed by atoms with Gasteiger partial charge in [0.1, 0.15) is 18.3 Å². The third kappa shape index (κ3) is 14.3. The number of anilines is 1. The molecule has 2 aliphatic rings. The van der Waals surface area contributed by atoms with E-state index in [4.69, 9.17) is 29.5 Å². The van der Waals surface area contributed by atoms with Gasteiger partial charge in [-0.05, 0) is 33.7 Å². The molecule has 29 heteroatoms. The predicted octanol–water partition coefficient (Wildman–Crippen LogP) is 1.33. The average molecular weight is 899 g/mol. The quantitative estimate of drug-likeness (QED) is 0.0250. The van der Waals surface area contributed by atoms with Gasteiger partial charge in [0.25, 0.3) is 5.56 Å². The van der Waals surface area contributed by atoms with Gasteiger partial charge in [-0.2, -0.15) is 25.4 Å². The van der Waals surface area contributed by atoms with Crippen molar-refractivity contribution in [2.45, 2.75) is 86.5 Å². The van der Waals surface area contributed by atoms with Crippen LogP contribution >= 0.6 is 56.8 Å². The van der Waals surface area contributed by atoms with Gasteiger partial charge < -0.3 is 50.7 Å². The lowest BCUT2D eigenvalue weighted by Crippen LogP contribution is -2.48. The third-order valence-corrected chi connectivity index (χ3v) is 16.4. The van der Waals surface area contributed by atoms with Gasteiger partial charge in [0.15, 0.2) is 11.2 Å². The first-order valence-electron chi connectivity index (χ1n) is 16.5. The van der Waals surface area contributed by atoms with Crippen LogP contribution < -0.4 is 27.2 Å². The van der Waals surface area contributed by atoms with Crippen LogP contribution in [0.2, 0.25) is 0 Å². The van der Waals surface area contributed by atoms with Crippen molar-refractivity contribution < 1.29 is 65.5 Å². The van der Waals surface area contributed by atoms with Gasteiger partial charge in [-0.15, -0.1) is 0 Å². The molecule has 2 aromatic heterocycles. The molecule has 4 rings (SSSR count). The van der Waals surface area contributed by atoms with E-state index in [1.54, 1.807) is 0 Å². The predicted molar refractivity (Wildman–Crippen MR) is 203 cm³/mol. The molecule has 8 atom stereocenters. The summed E-state index contributed by atoms with van der Waals surface area (Å²) in [5.41, 5.74) is 5.13. The van der Waals surface area contributed by atoms with Gasteiger partial charge in [0, 0.05) is 41.2 Å². The molecule has 0 radical (unpaired) electrons. The minimum absolute atomic E-state index is 0.0398. The lowest BCUT2D eigenvalue weighted by molar-refractivity contribution is -0.121. The number of carbonyl (C=O) groups is 2. The van der Waals surface area contributed by atoms with Gasteiger partial charge >= 0.3 is 23.5 Å². The van der Waals surface area contributed by atoms with Crippen LogP contribution in [0.3, 0.4) is 0 Å². The summed E-state index contributed by atoms with van der Waals surface area (Å²) in [6.45, 7) is 3.46. The Morgan fingerprint density at radius 3 is 2.65 bits per heavy atom. The van der Waals surface area contributed by atoms with Gasteiger partial charge in [0.05, 0.1) is 25.1 Å². The number of amides is 2. The second-order valence-electron chi connectivity index (χ2n) is 12.9. The number of thioether (sulfide) groups is 1. The topological polar surface area (TPSA) is 338 Å². The van der Waals surface area contributed by atoms with Crippen LogP contribution in [0.1, 0.15) is 52.2 Å². The number of nitrogen functional groups attached to an aromatic ring is 1. The lowest BCUT2D eigenvalue weighted by atomic mass is 10.0. The summed E-state index contributed by atoms with van der Waals surface area (Å²) in [5, 5.41) is 9.47. The number of nitrogens with one attached hydrogen (secondary N) is 4. The number of phosphoric ester groups is 1. The van der Waals surface area contributed by atoms with Crippen LogP contribution in [0, 0.1) is 0 Å². The monoisotopic (exact) mass is 898 g/mol. The van der Waals surface area contributed by atoms with Crippen LogP contribution in [0.15, 0.2) is 11.1 Å².